The van der Waals surface area contributed by atoms with Gasteiger partial charge in [0.2, 0.25) is 11.8 Å². The van der Waals surface area contributed by atoms with Crippen LogP contribution in [0.2, 0.25) is 0 Å². The van der Waals surface area contributed by atoms with Gasteiger partial charge in [-0.25, -0.2) is 0 Å². The van der Waals surface area contributed by atoms with E-state index in [0.29, 0.717) is 0 Å². The van der Waals surface area contributed by atoms with Gasteiger partial charge in [-0.1, -0.05) is 33.1 Å². The number of thioether (sulfide) groups is 1. The Hall–Kier alpha value is -0.710. The number of carbonyl (C=O) groups excluding carboxylic acids is 2. The molecule has 2 rings (SSSR count). The molecule has 0 bridgehead atoms. The summed E-state index contributed by atoms with van der Waals surface area (Å²) in [6.07, 6.45) is 6.44. The lowest BCUT2D eigenvalue weighted by atomic mass is 9.88. The predicted molar refractivity (Wildman–Crippen MR) is 87.4 cm³/mol. The molecule has 120 valence electrons. The first-order valence-corrected chi connectivity index (χ1v) is 9.51. The van der Waals surface area contributed by atoms with Gasteiger partial charge in [-0.15, -0.1) is 0 Å². The van der Waals surface area contributed by atoms with Crippen molar-refractivity contribution >= 4 is 23.6 Å². The zero-order valence-corrected chi connectivity index (χ0v) is 14.1. The van der Waals surface area contributed by atoms with Gasteiger partial charge in [0.05, 0.1) is 0 Å². The van der Waals surface area contributed by atoms with E-state index in [4.69, 9.17) is 0 Å². The summed E-state index contributed by atoms with van der Waals surface area (Å²) < 4.78 is 0. The molecule has 1 saturated carbocycles. The topological polar surface area (TPSA) is 49.4 Å². The van der Waals surface area contributed by atoms with Crippen LogP contribution in [0.4, 0.5) is 0 Å². The third kappa shape index (κ3) is 3.38. The molecule has 1 heterocycles. The van der Waals surface area contributed by atoms with Gasteiger partial charge in [-0.3, -0.25) is 9.59 Å². The zero-order chi connectivity index (χ0) is 15.3. The van der Waals surface area contributed by atoms with Crippen LogP contribution in [0, 0.1) is 0 Å². The quantitative estimate of drug-likeness (QED) is 0.735. The number of amides is 2. The molecule has 1 aliphatic heterocycles. The molecular weight excluding hydrogens is 284 g/mol. The first-order valence-electron chi connectivity index (χ1n) is 8.36. The van der Waals surface area contributed by atoms with Crippen molar-refractivity contribution in [1.29, 1.82) is 0 Å². The van der Waals surface area contributed by atoms with E-state index in [1.165, 1.54) is 0 Å². The molecule has 0 aromatic carbocycles. The summed E-state index contributed by atoms with van der Waals surface area (Å²) in [6.45, 7) is 4.95. The summed E-state index contributed by atoms with van der Waals surface area (Å²) in [5.41, 5.74) is -0.530. The molecule has 2 aliphatic rings. The average molecular weight is 312 g/mol. The van der Waals surface area contributed by atoms with E-state index in [1.807, 2.05) is 16.7 Å². The second-order valence-corrected chi connectivity index (χ2v) is 7.49. The van der Waals surface area contributed by atoms with E-state index in [2.05, 4.69) is 19.2 Å². The molecule has 1 spiro atoms. The monoisotopic (exact) mass is 312 g/mol. The van der Waals surface area contributed by atoms with Crippen molar-refractivity contribution in [1.82, 2.24) is 10.2 Å². The highest BCUT2D eigenvalue weighted by atomic mass is 32.2. The molecule has 21 heavy (non-hydrogen) atoms. The summed E-state index contributed by atoms with van der Waals surface area (Å²) in [4.78, 5) is 27.4. The number of hydrogen-bond donors (Lipinski definition) is 1. The maximum absolute atomic E-state index is 12.8. The first kappa shape index (κ1) is 16.7. The van der Waals surface area contributed by atoms with Crippen LogP contribution in [0.3, 0.4) is 0 Å². The smallest absolute Gasteiger partial charge is 0.246 e. The van der Waals surface area contributed by atoms with Gasteiger partial charge in [0.15, 0.2) is 0 Å². The molecule has 0 radical (unpaired) electrons. The third-order valence-electron chi connectivity index (χ3n) is 4.69. The fraction of sp³-hybridized carbons (Fsp3) is 0.875. The number of nitrogens with zero attached hydrogens (tertiary/aromatic N) is 1. The van der Waals surface area contributed by atoms with Crippen LogP contribution >= 0.6 is 11.8 Å². The van der Waals surface area contributed by atoms with Crippen LogP contribution in [-0.2, 0) is 9.59 Å². The average Bonchev–Trinajstić information content (AvgIpc) is 2.95. The number of hydrogen-bond acceptors (Lipinski definition) is 3. The Bertz CT molecular complexity index is 380. The lowest BCUT2D eigenvalue weighted by molar-refractivity contribution is -0.157. The highest BCUT2D eigenvalue weighted by molar-refractivity contribution is 7.99. The minimum atomic E-state index is -0.530. The number of rotatable bonds is 7. The Morgan fingerprint density at radius 3 is 2.62 bits per heavy atom. The standard InChI is InChI=1S/C16H28N2O2S/c1-3-8-13-14(19)18(11-7-12-21-4-2)16(15(20)17-13)9-5-6-10-16/h13H,3-12H2,1-2H3,(H,17,20). The van der Waals surface area contributed by atoms with Crippen LogP contribution < -0.4 is 5.32 Å². The van der Waals surface area contributed by atoms with Gasteiger partial charge in [0.1, 0.15) is 11.6 Å². The third-order valence-corrected chi connectivity index (χ3v) is 5.68. The summed E-state index contributed by atoms with van der Waals surface area (Å²) in [6, 6.07) is -0.299. The normalized spacial score (nSPS) is 24.7. The molecule has 2 amide bonds. The van der Waals surface area contributed by atoms with Crippen LogP contribution in [0.25, 0.3) is 0 Å². The maximum atomic E-state index is 12.8. The van der Waals surface area contributed by atoms with Crippen molar-refractivity contribution in [3.05, 3.63) is 0 Å². The van der Waals surface area contributed by atoms with Crippen LogP contribution in [0.1, 0.15) is 58.8 Å². The van der Waals surface area contributed by atoms with E-state index in [9.17, 15) is 9.59 Å². The van der Waals surface area contributed by atoms with E-state index < -0.39 is 5.54 Å². The summed E-state index contributed by atoms with van der Waals surface area (Å²) in [5.74, 6) is 2.43. The molecule has 0 aromatic heterocycles. The molecular formula is C16H28N2O2S. The van der Waals surface area contributed by atoms with Crippen LogP contribution in [0.15, 0.2) is 0 Å². The molecule has 1 aliphatic carbocycles. The van der Waals surface area contributed by atoms with Crippen molar-refractivity contribution in [2.75, 3.05) is 18.1 Å². The fourth-order valence-electron chi connectivity index (χ4n) is 3.61. The van der Waals surface area contributed by atoms with E-state index in [0.717, 1.165) is 63.0 Å². The van der Waals surface area contributed by atoms with Gasteiger partial charge in [0, 0.05) is 6.54 Å². The van der Waals surface area contributed by atoms with E-state index in [1.54, 1.807) is 0 Å². The van der Waals surface area contributed by atoms with Crippen LogP contribution in [0.5, 0.6) is 0 Å². The van der Waals surface area contributed by atoms with Gasteiger partial charge in [0.25, 0.3) is 0 Å². The van der Waals surface area contributed by atoms with Crippen molar-refractivity contribution in [2.45, 2.75) is 70.4 Å². The predicted octanol–water partition coefficient (Wildman–Crippen LogP) is 2.57. The summed E-state index contributed by atoms with van der Waals surface area (Å²) in [7, 11) is 0. The Morgan fingerprint density at radius 1 is 1.29 bits per heavy atom. The van der Waals surface area contributed by atoms with Crippen LogP contribution in [-0.4, -0.2) is 46.3 Å². The SMILES string of the molecule is CCCC1NC(=O)C2(CCCC2)N(CCCSCC)C1=O. The largest absolute Gasteiger partial charge is 0.342 e. The maximum Gasteiger partial charge on any atom is 0.246 e. The van der Waals surface area contributed by atoms with Gasteiger partial charge in [-0.2, -0.15) is 11.8 Å². The molecule has 4 nitrogen and oxygen atoms in total. The highest BCUT2D eigenvalue weighted by Gasteiger charge is 2.53. The number of carbonyl (C=O) groups is 2. The number of nitrogens with one attached hydrogen (secondary N) is 1. The molecule has 2 fully saturated rings. The van der Waals surface area contributed by atoms with Crippen molar-refractivity contribution < 1.29 is 9.59 Å². The molecule has 1 unspecified atom stereocenters. The molecule has 1 saturated heterocycles. The van der Waals surface area contributed by atoms with Crippen molar-refractivity contribution in [2.24, 2.45) is 0 Å². The van der Waals surface area contributed by atoms with Gasteiger partial charge >= 0.3 is 0 Å². The molecule has 5 heteroatoms. The fourth-order valence-corrected chi connectivity index (χ4v) is 4.23. The van der Waals surface area contributed by atoms with Gasteiger partial charge < -0.3 is 10.2 Å². The molecule has 1 atom stereocenters. The Kier molecular flexibility index (Phi) is 5.97. The van der Waals surface area contributed by atoms with Gasteiger partial charge in [-0.05, 0) is 37.2 Å². The van der Waals surface area contributed by atoms with Crippen molar-refractivity contribution in [3.63, 3.8) is 0 Å². The number of piperazine rings is 1. The highest BCUT2D eigenvalue weighted by Crippen LogP contribution is 2.38. The lowest BCUT2D eigenvalue weighted by Crippen LogP contribution is -2.69. The Balaban J connectivity index is 2.11. The first-order chi connectivity index (χ1) is 10.2. The second-order valence-electron chi connectivity index (χ2n) is 6.09. The van der Waals surface area contributed by atoms with E-state index >= 15 is 0 Å². The Labute approximate surface area is 132 Å². The lowest BCUT2D eigenvalue weighted by Gasteiger charge is -2.46. The zero-order valence-electron chi connectivity index (χ0n) is 13.3. The molecule has 1 N–H and O–H groups in total. The Morgan fingerprint density at radius 2 is 2.00 bits per heavy atom. The summed E-state index contributed by atoms with van der Waals surface area (Å²) >= 11 is 1.90. The van der Waals surface area contributed by atoms with E-state index in [-0.39, 0.29) is 17.9 Å². The summed E-state index contributed by atoms with van der Waals surface area (Å²) in [5, 5.41) is 3.00. The van der Waals surface area contributed by atoms with Crippen molar-refractivity contribution in [3.8, 4) is 0 Å². The second kappa shape index (κ2) is 7.52. The molecule has 0 aromatic rings. The minimum absolute atomic E-state index is 0.0983. The minimum Gasteiger partial charge on any atom is -0.342 e.